The molecular weight excluding hydrogens is 394 g/mol. The number of aryl methyl sites for hydroxylation is 1. The van der Waals surface area contributed by atoms with E-state index in [-0.39, 0.29) is 5.60 Å². The molecule has 3 nitrogen and oxygen atoms in total. The van der Waals surface area contributed by atoms with Gasteiger partial charge in [-0.1, -0.05) is 67.6 Å². The van der Waals surface area contributed by atoms with E-state index < -0.39 is 0 Å². The van der Waals surface area contributed by atoms with E-state index in [1.165, 1.54) is 33.5 Å². The molecule has 0 aliphatic heterocycles. The van der Waals surface area contributed by atoms with Gasteiger partial charge in [0.05, 0.1) is 18.4 Å². The topological polar surface area (TPSA) is 23.4 Å². The standard InChI is InChI=1S/C29H33NO2/c1-5-18-32-29(2)16-14-23(15-17-29)27-25(19-22-10-9-13-26(20-22)31-4)21-30(3)28(27)24-11-7-6-8-12-24/h6-16,20-21H,5,17-19H2,1-4H3. The Morgan fingerprint density at radius 1 is 1.06 bits per heavy atom. The molecule has 0 N–H and O–H groups in total. The van der Waals surface area contributed by atoms with Crippen LogP contribution in [0.3, 0.4) is 0 Å². The number of methoxy groups -OCH3 is 1. The summed E-state index contributed by atoms with van der Waals surface area (Å²) in [6.45, 7) is 5.11. The maximum Gasteiger partial charge on any atom is 0.119 e. The van der Waals surface area contributed by atoms with E-state index in [1.54, 1.807) is 7.11 Å². The summed E-state index contributed by atoms with van der Waals surface area (Å²) < 4.78 is 13.8. The third-order valence-electron chi connectivity index (χ3n) is 6.10. The van der Waals surface area contributed by atoms with Crippen LogP contribution in [-0.4, -0.2) is 23.9 Å². The van der Waals surface area contributed by atoms with Crippen molar-refractivity contribution in [3.63, 3.8) is 0 Å². The largest absolute Gasteiger partial charge is 0.497 e. The van der Waals surface area contributed by atoms with Gasteiger partial charge in [0, 0.05) is 25.4 Å². The number of allylic oxidation sites excluding steroid dienone is 2. The molecule has 1 heterocycles. The van der Waals surface area contributed by atoms with E-state index in [4.69, 9.17) is 9.47 Å². The molecular formula is C29H33NO2. The molecule has 1 aromatic heterocycles. The van der Waals surface area contributed by atoms with E-state index in [0.29, 0.717) is 0 Å². The van der Waals surface area contributed by atoms with Gasteiger partial charge in [-0.2, -0.15) is 0 Å². The zero-order valence-corrected chi connectivity index (χ0v) is 19.6. The van der Waals surface area contributed by atoms with E-state index >= 15 is 0 Å². The van der Waals surface area contributed by atoms with Crippen molar-refractivity contribution in [1.29, 1.82) is 0 Å². The Morgan fingerprint density at radius 3 is 2.56 bits per heavy atom. The minimum Gasteiger partial charge on any atom is -0.497 e. The zero-order chi connectivity index (χ0) is 22.6. The number of nitrogens with zero attached hydrogens (tertiary/aromatic N) is 1. The quantitative estimate of drug-likeness (QED) is 0.394. The highest BCUT2D eigenvalue weighted by Gasteiger charge is 2.26. The predicted octanol–water partition coefficient (Wildman–Crippen LogP) is 6.82. The summed E-state index contributed by atoms with van der Waals surface area (Å²) in [5.41, 5.74) is 7.37. The smallest absolute Gasteiger partial charge is 0.119 e. The van der Waals surface area contributed by atoms with Gasteiger partial charge >= 0.3 is 0 Å². The lowest BCUT2D eigenvalue weighted by Crippen LogP contribution is -2.27. The SMILES string of the molecule is CCCOC1(C)C=CC(c2c(Cc3cccc(OC)c3)cn(C)c2-c2ccccc2)=CC1. The van der Waals surface area contributed by atoms with Crippen LogP contribution >= 0.6 is 0 Å². The summed E-state index contributed by atoms with van der Waals surface area (Å²) in [6, 6.07) is 19.0. The Hall–Kier alpha value is -3.04. The van der Waals surface area contributed by atoms with Gasteiger partial charge < -0.3 is 14.0 Å². The molecule has 32 heavy (non-hydrogen) atoms. The minimum atomic E-state index is -0.228. The number of ether oxygens (including phenoxy) is 2. The Bertz CT molecular complexity index is 1120. The van der Waals surface area contributed by atoms with Crippen molar-refractivity contribution in [1.82, 2.24) is 4.57 Å². The van der Waals surface area contributed by atoms with Crippen molar-refractivity contribution in [3.8, 4) is 17.0 Å². The number of benzene rings is 2. The van der Waals surface area contributed by atoms with Gasteiger partial charge in [0.1, 0.15) is 5.75 Å². The van der Waals surface area contributed by atoms with E-state index in [0.717, 1.165) is 31.6 Å². The molecule has 0 saturated carbocycles. The second-order valence-corrected chi connectivity index (χ2v) is 8.74. The van der Waals surface area contributed by atoms with Crippen molar-refractivity contribution in [2.75, 3.05) is 13.7 Å². The van der Waals surface area contributed by atoms with Crippen molar-refractivity contribution in [2.24, 2.45) is 7.05 Å². The molecule has 2 aromatic carbocycles. The fourth-order valence-corrected chi connectivity index (χ4v) is 4.44. The average molecular weight is 428 g/mol. The Morgan fingerprint density at radius 2 is 1.88 bits per heavy atom. The van der Waals surface area contributed by atoms with Gasteiger partial charge in [-0.3, -0.25) is 0 Å². The van der Waals surface area contributed by atoms with Crippen LogP contribution in [0.25, 0.3) is 16.8 Å². The van der Waals surface area contributed by atoms with E-state index in [9.17, 15) is 0 Å². The van der Waals surface area contributed by atoms with Crippen LogP contribution in [0.15, 0.2) is 79.0 Å². The summed E-state index contributed by atoms with van der Waals surface area (Å²) in [4.78, 5) is 0. The highest BCUT2D eigenvalue weighted by atomic mass is 16.5. The van der Waals surface area contributed by atoms with Crippen LogP contribution in [0.2, 0.25) is 0 Å². The lowest BCUT2D eigenvalue weighted by molar-refractivity contribution is 0.00762. The van der Waals surface area contributed by atoms with Crippen molar-refractivity contribution >= 4 is 5.57 Å². The second kappa shape index (κ2) is 9.62. The van der Waals surface area contributed by atoms with E-state index in [2.05, 4.69) is 98.4 Å². The van der Waals surface area contributed by atoms with Gasteiger partial charge in [-0.25, -0.2) is 0 Å². The number of hydrogen-bond acceptors (Lipinski definition) is 2. The molecule has 1 aliphatic rings. The summed E-state index contributed by atoms with van der Waals surface area (Å²) >= 11 is 0. The first-order valence-electron chi connectivity index (χ1n) is 11.4. The van der Waals surface area contributed by atoms with Crippen molar-refractivity contribution in [3.05, 3.63) is 95.7 Å². The minimum absolute atomic E-state index is 0.228. The fraction of sp³-hybridized carbons (Fsp3) is 0.310. The molecule has 1 aliphatic carbocycles. The van der Waals surface area contributed by atoms with Crippen LogP contribution < -0.4 is 4.74 Å². The van der Waals surface area contributed by atoms with Gasteiger partial charge in [-0.15, -0.1) is 0 Å². The molecule has 0 radical (unpaired) electrons. The third kappa shape index (κ3) is 4.73. The van der Waals surface area contributed by atoms with Gasteiger partial charge in [0.25, 0.3) is 0 Å². The molecule has 1 atom stereocenters. The number of aromatic nitrogens is 1. The first kappa shape index (κ1) is 22.2. The molecule has 0 saturated heterocycles. The summed E-state index contributed by atoms with van der Waals surface area (Å²) in [5.74, 6) is 0.892. The second-order valence-electron chi connectivity index (χ2n) is 8.74. The van der Waals surface area contributed by atoms with Crippen LogP contribution in [0, 0.1) is 0 Å². The predicted molar refractivity (Wildman–Crippen MR) is 133 cm³/mol. The van der Waals surface area contributed by atoms with Crippen LogP contribution in [0.1, 0.15) is 43.4 Å². The molecule has 0 spiro atoms. The van der Waals surface area contributed by atoms with Crippen molar-refractivity contribution in [2.45, 2.75) is 38.7 Å². The van der Waals surface area contributed by atoms with Crippen LogP contribution in [0.4, 0.5) is 0 Å². The molecule has 4 rings (SSSR count). The molecule has 0 fully saturated rings. The molecule has 166 valence electrons. The molecule has 3 aromatic rings. The van der Waals surface area contributed by atoms with Gasteiger partial charge in [-0.05, 0) is 60.6 Å². The van der Waals surface area contributed by atoms with Crippen LogP contribution in [-0.2, 0) is 18.2 Å². The fourth-order valence-electron chi connectivity index (χ4n) is 4.44. The molecule has 3 heteroatoms. The monoisotopic (exact) mass is 427 g/mol. The Labute approximate surface area is 192 Å². The third-order valence-corrected chi connectivity index (χ3v) is 6.10. The lowest BCUT2D eigenvalue weighted by Gasteiger charge is -2.28. The lowest BCUT2D eigenvalue weighted by atomic mass is 9.87. The summed E-state index contributed by atoms with van der Waals surface area (Å²) in [6.07, 6.45) is 11.8. The average Bonchev–Trinajstić information content (AvgIpc) is 3.14. The number of hydrogen-bond donors (Lipinski definition) is 0. The highest BCUT2D eigenvalue weighted by molar-refractivity contribution is 5.87. The first-order valence-corrected chi connectivity index (χ1v) is 11.4. The van der Waals surface area contributed by atoms with Gasteiger partial charge in [0.2, 0.25) is 0 Å². The van der Waals surface area contributed by atoms with Crippen LogP contribution in [0.5, 0.6) is 5.75 Å². The number of rotatable bonds is 8. The maximum absolute atomic E-state index is 6.12. The molecule has 1 unspecified atom stereocenters. The summed E-state index contributed by atoms with van der Waals surface area (Å²) in [7, 11) is 3.86. The molecule has 0 amide bonds. The highest BCUT2D eigenvalue weighted by Crippen LogP contribution is 2.38. The summed E-state index contributed by atoms with van der Waals surface area (Å²) in [5, 5.41) is 0. The zero-order valence-electron chi connectivity index (χ0n) is 19.6. The normalized spacial score (nSPS) is 17.9. The van der Waals surface area contributed by atoms with Gasteiger partial charge in [0.15, 0.2) is 0 Å². The van der Waals surface area contributed by atoms with Crippen molar-refractivity contribution < 1.29 is 9.47 Å². The Balaban J connectivity index is 1.76. The molecule has 0 bridgehead atoms. The first-order chi connectivity index (χ1) is 15.5. The van der Waals surface area contributed by atoms with E-state index in [1.807, 2.05) is 6.07 Å². The maximum atomic E-state index is 6.12. The Kier molecular flexibility index (Phi) is 6.66.